The third-order valence-electron chi connectivity index (χ3n) is 10.1. The molecule has 0 spiro atoms. The number of rotatable bonds is 3. The Hall–Kier alpha value is -5.14. The lowest BCUT2D eigenvalue weighted by Gasteiger charge is -2.22. The number of aryl methyl sites for hydroxylation is 4. The third-order valence-corrected chi connectivity index (χ3v) is 10.1. The van der Waals surface area contributed by atoms with Gasteiger partial charge in [-0.2, -0.15) is 0 Å². The minimum atomic E-state index is 0.963. The summed E-state index contributed by atoms with van der Waals surface area (Å²) in [6.45, 7) is 0. The molecule has 0 saturated heterocycles. The van der Waals surface area contributed by atoms with Gasteiger partial charge in [0.05, 0.1) is 0 Å². The topological polar surface area (TPSA) is 13.1 Å². The molecular formula is C42H28O. The minimum absolute atomic E-state index is 0.963. The van der Waals surface area contributed by atoms with Gasteiger partial charge in [0.1, 0.15) is 11.2 Å². The Morgan fingerprint density at radius 1 is 0.326 bits per heavy atom. The highest BCUT2D eigenvalue weighted by atomic mass is 16.3. The molecule has 1 heteroatoms. The summed E-state index contributed by atoms with van der Waals surface area (Å²) in [5.74, 6) is 0. The van der Waals surface area contributed by atoms with Crippen LogP contribution < -0.4 is 0 Å². The second-order valence-corrected chi connectivity index (χ2v) is 12.3. The summed E-state index contributed by atoms with van der Waals surface area (Å²) in [7, 11) is 0. The lowest BCUT2D eigenvalue weighted by Crippen LogP contribution is -2.07. The van der Waals surface area contributed by atoms with Gasteiger partial charge in [0, 0.05) is 10.8 Å². The maximum atomic E-state index is 6.34. The minimum Gasteiger partial charge on any atom is -0.456 e. The van der Waals surface area contributed by atoms with Crippen molar-refractivity contribution in [2.24, 2.45) is 0 Å². The van der Waals surface area contributed by atoms with E-state index in [1.54, 1.807) is 0 Å². The molecule has 0 fully saturated rings. The fraction of sp³-hybridized carbons (Fsp3) is 0.0952. The van der Waals surface area contributed by atoms with Gasteiger partial charge in [0.25, 0.3) is 0 Å². The molecular weight excluding hydrogens is 520 g/mol. The maximum absolute atomic E-state index is 6.34. The summed E-state index contributed by atoms with van der Waals surface area (Å²) in [5.41, 5.74) is 15.5. The van der Waals surface area contributed by atoms with Crippen LogP contribution in [0.15, 0.2) is 126 Å². The summed E-state index contributed by atoms with van der Waals surface area (Å²) in [4.78, 5) is 0. The van der Waals surface area contributed by atoms with E-state index in [0.717, 1.165) is 11.2 Å². The zero-order valence-corrected chi connectivity index (χ0v) is 23.8. The molecule has 0 atom stereocenters. The van der Waals surface area contributed by atoms with Gasteiger partial charge in [0.2, 0.25) is 0 Å². The van der Waals surface area contributed by atoms with Crippen LogP contribution in [0.4, 0.5) is 0 Å². The van der Waals surface area contributed by atoms with E-state index in [2.05, 4.69) is 121 Å². The van der Waals surface area contributed by atoms with E-state index >= 15 is 0 Å². The smallest absolute Gasteiger partial charge is 0.136 e. The molecule has 2 aliphatic rings. The second kappa shape index (κ2) is 8.69. The van der Waals surface area contributed by atoms with E-state index < -0.39 is 0 Å². The first-order chi connectivity index (χ1) is 21.3. The maximum Gasteiger partial charge on any atom is 0.136 e. The van der Waals surface area contributed by atoms with Crippen molar-refractivity contribution in [3.63, 3.8) is 0 Å². The van der Waals surface area contributed by atoms with Crippen LogP contribution >= 0.6 is 0 Å². The van der Waals surface area contributed by atoms with Crippen LogP contribution in [-0.4, -0.2) is 0 Å². The average molecular weight is 549 g/mol. The number of fused-ring (bicyclic) bond motifs is 7. The lowest BCUT2D eigenvalue weighted by atomic mass is 9.82. The first-order valence-electron chi connectivity index (χ1n) is 15.4. The Morgan fingerprint density at radius 2 is 0.837 bits per heavy atom. The van der Waals surface area contributed by atoms with E-state index in [1.165, 1.54) is 114 Å². The van der Waals surface area contributed by atoms with Gasteiger partial charge in [-0.1, -0.05) is 97.1 Å². The van der Waals surface area contributed by atoms with Crippen molar-refractivity contribution in [1.29, 1.82) is 0 Å². The van der Waals surface area contributed by atoms with Crippen LogP contribution in [0.5, 0.6) is 0 Å². The van der Waals surface area contributed by atoms with Crippen molar-refractivity contribution in [2.75, 3.05) is 0 Å². The summed E-state index contributed by atoms with van der Waals surface area (Å²) >= 11 is 0. The average Bonchev–Trinajstić information content (AvgIpc) is 3.38. The fourth-order valence-corrected chi connectivity index (χ4v) is 7.58. The number of hydrogen-bond donors (Lipinski definition) is 0. The molecule has 202 valence electrons. The summed E-state index contributed by atoms with van der Waals surface area (Å²) < 4.78 is 6.34. The van der Waals surface area contributed by atoms with Crippen molar-refractivity contribution in [1.82, 2.24) is 0 Å². The molecule has 1 aromatic heterocycles. The molecule has 0 aliphatic heterocycles. The van der Waals surface area contributed by atoms with Gasteiger partial charge in [-0.25, -0.2) is 0 Å². The van der Waals surface area contributed by atoms with E-state index in [9.17, 15) is 0 Å². The Balaban J connectivity index is 1.12. The molecule has 0 radical (unpaired) electrons. The van der Waals surface area contributed by atoms with Gasteiger partial charge in [-0.05, 0) is 127 Å². The predicted molar refractivity (Wildman–Crippen MR) is 180 cm³/mol. The molecule has 0 N–H and O–H groups in total. The normalized spacial score (nSPS) is 13.7. The van der Waals surface area contributed by atoms with Gasteiger partial charge >= 0.3 is 0 Å². The summed E-state index contributed by atoms with van der Waals surface area (Å²) in [5, 5.41) is 7.66. The Morgan fingerprint density at radius 3 is 1.47 bits per heavy atom. The van der Waals surface area contributed by atoms with Crippen molar-refractivity contribution >= 4 is 43.5 Å². The monoisotopic (exact) mass is 548 g/mol. The highest BCUT2D eigenvalue weighted by Crippen LogP contribution is 2.45. The first-order valence-corrected chi connectivity index (χ1v) is 15.4. The molecule has 10 rings (SSSR count). The second-order valence-electron chi connectivity index (χ2n) is 12.3. The standard InChI is InChI=1S/C42H28O/c1-3-7-36-34(5-1)41(35-6-2-4-8-37(35)42(36)32-18-12-25-11-15-28(25)21-32)27-13-9-26(10-14-27)30-19-20-33-38-22-29-16-17-31(29)24-40(38)43-39(33)23-30/h1-10,12-14,18-24H,11,15-17H2. The van der Waals surface area contributed by atoms with Crippen molar-refractivity contribution in [3.05, 3.63) is 144 Å². The quantitative estimate of drug-likeness (QED) is 0.200. The van der Waals surface area contributed by atoms with Crippen LogP contribution in [0, 0.1) is 0 Å². The highest BCUT2D eigenvalue weighted by Gasteiger charge is 2.20. The van der Waals surface area contributed by atoms with Crippen LogP contribution in [0.1, 0.15) is 22.3 Å². The van der Waals surface area contributed by atoms with Crippen LogP contribution in [0.25, 0.3) is 76.9 Å². The molecule has 7 aromatic carbocycles. The van der Waals surface area contributed by atoms with Crippen molar-refractivity contribution in [3.8, 4) is 33.4 Å². The first kappa shape index (κ1) is 23.4. The molecule has 0 saturated carbocycles. The fourth-order valence-electron chi connectivity index (χ4n) is 7.58. The van der Waals surface area contributed by atoms with Crippen LogP contribution in [-0.2, 0) is 25.7 Å². The predicted octanol–water partition coefficient (Wildman–Crippen LogP) is 11.1. The molecule has 1 nitrogen and oxygen atoms in total. The largest absolute Gasteiger partial charge is 0.456 e. The number of hydrogen-bond acceptors (Lipinski definition) is 1. The van der Waals surface area contributed by atoms with E-state index in [1.807, 2.05) is 0 Å². The molecule has 0 bridgehead atoms. The van der Waals surface area contributed by atoms with Crippen LogP contribution in [0.3, 0.4) is 0 Å². The zero-order valence-electron chi connectivity index (χ0n) is 23.8. The van der Waals surface area contributed by atoms with Gasteiger partial charge in [-0.15, -0.1) is 0 Å². The summed E-state index contributed by atoms with van der Waals surface area (Å²) in [6, 6.07) is 45.3. The Kier molecular flexibility index (Phi) is 4.73. The molecule has 0 unspecified atom stereocenters. The number of furan rings is 1. The molecule has 43 heavy (non-hydrogen) atoms. The van der Waals surface area contributed by atoms with Gasteiger partial charge < -0.3 is 4.42 Å². The number of benzene rings is 7. The Bertz CT molecular complexity index is 2380. The highest BCUT2D eigenvalue weighted by molar-refractivity contribution is 6.21. The lowest BCUT2D eigenvalue weighted by molar-refractivity contribution is 0.666. The van der Waals surface area contributed by atoms with Crippen molar-refractivity contribution < 1.29 is 4.42 Å². The van der Waals surface area contributed by atoms with E-state index in [-0.39, 0.29) is 0 Å². The van der Waals surface area contributed by atoms with E-state index in [0.29, 0.717) is 0 Å². The molecule has 8 aromatic rings. The van der Waals surface area contributed by atoms with Crippen LogP contribution in [0.2, 0.25) is 0 Å². The molecule has 0 amide bonds. The Labute approximate surface area is 250 Å². The van der Waals surface area contributed by atoms with Crippen molar-refractivity contribution in [2.45, 2.75) is 25.7 Å². The van der Waals surface area contributed by atoms with E-state index in [4.69, 9.17) is 4.42 Å². The third kappa shape index (κ3) is 3.40. The zero-order chi connectivity index (χ0) is 28.1. The summed E-state index contributed by atoms with van der Waals surface area (Å²) in [6.07, 6.45) is 4.75. The van der Waals surface area contributed by atoms with Gasteiger partial charge in [0.15, 0.2) is 0 Å². The van der Waals surface area contributed by atoms with Gasteiger partial charge in [-0.3, -0.25) is 0 Å². The SMILES string of the molecule is c1ccc2c(-c3ccc4c(c3)CC4)c3ccccc3c(-c3ccc(-c4ccc5c(c4)oc4cc6c(cc45)CC6)cc3)c2c1. The molecule has 2 aliphatic carbocycles. The molecule has 1 heterocycles.